The van der Waals surface area contributed by atoms with E-state index in [0.717, 1.165) is 21.9 Å². The molecule has 10 heteroatoms. The smallest absolute Gasteiger partial charge is 0.338 e. The van der Waals surface area contributed by atoms with Crippen molar-refractivity contribution in [3.63, 3.8) is 0 Å². The van der Waals surface area contributed by atoms with Crippen molar-refractivity contribution < 1.29 is 9.47 Å². The molecular weight excluding hydrogens is 538 g/mol. The first-order valence-electron chi connectivity index (χ1n) is 12.2. The van der Waals surface area contributed by atoms with Crippen LogP contribution in [0.5, 0.6) is 5.75 Å². The van der Waals surface area contributed by atoms with Crippen LogP contribution in [0.3, 0.4) is 0 Å². The van der Waals surface area contributed by atoms with Crippen LogP contribution in [0, 0.1) is 0 Å². The summed E-state index contributed by atoms with van der Waals surface area (Å²) in [5, 5.41) is 2.05. The molecule has 0 aliphatic carbocycles. The van der Waals surface area contributed by atoms with E-state index in [-0.39, 0.29) is 6.73 Å². The number of fused-ring (bicyclic) bond motifs is 2. The molecule has 196 valence electrons. The largest absolute Gasteiger partial charge is 0.497 e. The van der Waals surface area contributed by atoms with Crippen molar-refractivity contribution >= 4 is 52.0 Å². The Balaban J connectivity index is 1.74. The minimum atomic E-state index is -1.32. The normalized spacial score (nSPS) is 11.9. The highest BCUT2D eigenvalue weighted by Gasteiger charge is 2.21. The van der Waals surface area contributed by atoms with Gasteiger partial charge in [-0.05, 0) is 36.4 Å². The number of benzene rings is 2. The number of thiophene rings is 1. The van der Waals surface area contributed by atoms with Gasteiger partial charge in [0, 0.05) is 47.1 Å². The molecule has 5 rings (SSSR count). The molecule has 3 heterocycles. The van der Waals surface area contributed by atoms with Crippen molar-refractivity contribution in [1.29, 1.82) is 0 Å². The van der Waals surface area contributed by atoms with Crippen LogP contribution in [0.25, 0.3) is 37.1 Å². The van der Waals surface area contributed by atoms with Gasteiger partial charge in [0.05, 0.1) is 24.5 Å². The van der Waals surface area contributed by atoms with Crippen LogP contribution in [0.1, 0.15) is 0 Å². The van der Waals surface area contributed by atoms with Gasteiger partial charge in [-0.1, -0.05) is 49.4 Å². The molecule has 0 spiro atoms. The number of hydrogen-bond donors (Lipinski definition) is 0. The van der Waals surface area contributed by atoms with Gasteiger partial charge in [0.2, 0.25) is 0 Å². The zero-order chi connectivity index (χ0) is 27.0. The zero-order valence-electron chi connectivity index (χ0n) is 21.7. The maximum absolute atomic E-state index is 14.0. The molecule has 7 nitrogen and oxygen atoms in total. The van der Waals surface area contributed by atoms with Gasteiger partial charge in [0.25, 0.3) is 5.56 Å². The summed E-state index contributed by atoms with van der Waals surface area (Å²) in [7, 11) is 0.255. The van der Waals surface area contributed by atoms with Gasteiger partial charge in [-0.25, -0.2) is 9.36 Å². The topological polar surface area (TPSA) is 75.3 Å². The van der Waals surface area contributed by atoms with Gasteiger partial charge in [-0.3, -0.25) is 14.3 Å². The molecule has 5 aromatic rings. The molecule has 0 N–H and O–H groups in total. The van der Waals surface area contributed by atoms with E-state index in [1.54, 1.807) is 25.4 Å². The summed E-state index contributed by atoms with van der Waals surface area (Å²) in [4.78, 5) is 33.0. The number of rotatable bonds is 8. The van der Waals surface area contributed by atoms with E-state index in [2.05, 4.69) is 24.6 Å². The van der Waals surface area contributed by atoms with Crippen LogP contribution in [-0.4, -0.2) is 35.9 Å². The molecule has 0 aliphatic rings. The fourth-order valence-electron chi connectivity index (χ4n) is 4.25. The highest BCUT2D eigenvalue weighted by atomic mass is 35.5. The molecule has 0 aliphatic heterocycles. The quantitative estimate of drug-likeness (QED) is 0.161. The first kappa shape index (κ1) is 26.4. The number of hydrogen-bond acceptors (Lipinski definition) is 6. The van der Waals surface area contributed by atoms with Crippen LogP contribution in [0.15, 0.2) is 70.5 Å². The van der Waals surface area contributed by atoms with Gasteiger partial charge in [0.15, 0.2) is 0 Å². The van der Waals surface area contributed by atoms with E-state index < -0.39 is 19.3 Å². The number of pyridine rings is 1. The van der Waals surface area contributed by atoms with Gasteiger partial charge in [-0.15, -0.1) is 11.3 Å². The van der Waals surface area contributed by atoms with Gasteiger partial charge >= 0.3 is 5.69 Å². The maximum Gasteiger partial charge on any atom is 0.338 e. The second kappa shape index (κ2) is 10.5. The Bertz CT molecular complexity index is 1770. The first-order valence-corrected chi connectivity index (χ1v) is 17.1. The van der Waals surface area contributed by atoms with E-state index in [0.29, 0.717) is 38.7 Å². The van der Waals surface area contributed by atoms with Crippen molar-refractivity contribution in [2.75, 3.05) is 13.7 Å². The molecule has 2 aromatic carbocycles. The summed E-state index contributed by atoms with van der Waals surface area (Å²) in [6.45, 7) is 7.39. The highest BCUT2D eigenvalue weighted by molar-refractivity contribution is 7.22. The predicted molar refractivity (Wildman–Crippen MR) is 158 cm³/mol. The van der Waals surface area contributed by atoms with Crippen molar-refractivity contribution in [1.82, 2.24) is 14.1 Å². The van der Waals surface area contributed by atoms with E-state index >= 15 is 0 Å². The summed E-state index contributed by atoms with van der Waals surface area (Å²) >= 11 is 7.79. The second-order valence-corrected chi connectivity index (χ2v) is 17.3. The minimum absolute atomic E-state index is 0.0281. The monoisotopic (exact) mass is 565 g/mol. The maximum atomic E-state index is 14.0. The van der Waals surface area contributed by atoms with Crippen LogP contribution in [0.2, 0.25) is 30.7 Å². The number of halogens is 1. The fraction of sp³-hybridized carbons (Fsp3) is 0.250. The van der Waals surface area contributed by atoms with Crippen molar-refractivity contribution in [3.8, 4) is 21.9 Å². The standard InChI is InChI=1S/C28H28ClN3O4SSi/c1-35-19-10-9-18-15-30-16-24(21(18)13-19)32-27(33)26-23(14-25(37-26)20-7-5-6-8-22(20)29)31(28(32)34)17-36-11-12-38(2,3)4/h5-10,13-16H,11-12,17H2,1-4H3. The Labute approximate surface area is 229 Å². The van der Waals surface area contributed by atoms with E-state index in [4.69, 9.17) is 21.1 Å². The summed E-state index contributed by atoms with van der Waals surface area (Å²) in [5.41, 5.74) is 0.813. The van der Waals surface area contributed by atoms with E-state index in [1.165, 1.54) is 26.7 Å². The van der Waals surface area contributed by atoms with Crippen LogP contribution < -0.4 is 16.0 Å². The fourth-order valence-corrected chi connectivity index (χ4v) is 6.43. The lowest BCUT2D eigenvalue weighted by molar-refractivity contribution is 0.0864. The van der Waals surface area contributed by atoms with Crippen molar-refractivity contribution in [3.05, 3.63) is 86.8 Å². The third-order valence-corrected chi connectivity index (χ3v) is 9.55. The minimum Gasteiger partial charge on any atom is -0.497 e. The summed E-state index contributed by atoms with van der Waals surface area (Å²) in [6, 6.07) is 15.8. The van der Waals surface area contributed by atoms with E-state index in [9.17, 15) is 9.59 Å². The molecule has 0 atom stereocenters. The van der Waals surface area contributed by atoms with Crippen LogP contribution >= 0.6 is 22.9 Å². The number of nitrogens with zero attached hydrogens (tertiary/aromatic N) is 3. The van der Waals surface area contributed by atoms with Crippen LogP contribution in [-0.2, 0) is 11.5 Å². The lowest BCUT2D eigenvalue weighted by Crippen LogP contribution is -2.39. The van der Waals surface area contributed by atoms with Crippen molar-refractivity contribution in [2.45, 2.75) is 32.4 Å². The Morgan fingerprint density at radius 1 is 1.05 bits per heavy atom. The lowest BCUT2D eigenvalue weighted by atomic mass is 10.1. The SMILES string of the molecule is COc1ccc2cncc(-n3c(=O)c4sc(-c5ccccc5Cl)cc4n(COCC[Si](C)(C)C)c3=O)c2c1. The zero-order valence-corrected chi connectivity index (χ0v) is 24.2. The van der Waals surface area contributed by atoms with Gasteiger partial charge in [0.1, 0.15) is 17.2 Å². The number of methoxy groups -OCH3 is 1. The molecule has 3 aromatic heterocycles. The molecule has 0 fully saturated rings. The molecule has 0 saturated carbocycles. The van der Waals surface area contributed by atoms with Crippen molar-refractivity contribution in [2.24, 2.45) is 0 Å². The van der Waals surface area contributed by atoms with Crippen LogP contribution in [0.4, 0.5) is 0 Å². The molecule has 0 bridgehead atoms. The summed E-state index contributed by atoms with van der Waals surface area (Å²) < 4.78 is 14.6. The predicted octanol–water partition coefficient (Wildman–Crippen LogP) is 6.40. The molecule has 0 unspecified atom stereocenters. The second-order valence-electron chi connectivity index (χ2n) is 10.2. The van der Waals surface area contributed by atoms with E-state index in [1.807, 2.05) is 36.4 Å². The molecule has 0 saturated heterocycles. The van der Waals surface area contributed by atoms with Gasteiger partial charge in [-0.2, -0.15) is 0 Å². The molecule has 38 heavy (non-hydrogen) atoms. The third-order valence-electron chi connectivity index (χ3n) is 6.37. The van der Waals surface area contributed by atoms with Gasteiger partial charge < -0.3 is 9.47 Å². The summed E-state index contributed by atoms with van der Waals surface area (Å²) in [5.74, 6) is 0.617. The summed E-state index contributed by atoms with van der Waals surface area (Å²) in [6.07, 6.45) is 3.23. The Morgan fingerprint density at radius 2 is 1.84 bits per heavy atom. The molecule has 0 amide bonds. The molecular formula is C28H28ClN3O4SSi. The lowest BCUT2D eigenvalue weighted by Gasteiger charge is -2.17. The number of ether oxygens (including phenoxy) is 2. The Morgan fingerprint density at radius 3 is 2.58 bits per heavy atom. The average Bonchev–Trinajstić information content (AvgIpc) is 3.33. The third kappa shape index (κ3) is 5.07. The Hall–Kier alpha value is -3.24. The highest BCUT2D eigenvalue weighted by Crippen LogP contribution is 2.36. The molecule has 0 radical (unpaired) electrons. The first-order chi connectivity index (χ1) is 18.2. The number of aromatic nitrogens is 3. The Kier molecular flexibility index (Phi) is 7.28. The average molecular weight is 566 g/mol.